The lowest BCUT2D eigenvalue weighted by atomic mass is 9.65. The number of anilines is 1. The monoisotopic (exact) mass is 561 g/mol. The van der Waals surface area contributed by atoms with Crippen molar-refractivity contribution in [2.45, 2.75) is 73.1 Å². The molecule has 2 aliphatic carbocycles. The van der Waals surface area contributed by atoms with Crippen molar-refractivity contribution >= 4 is 34.8 Å². The largest absolute Gasteiger partial charge is 0.482 e. The molecule has 1 N–H and O–H groups in total. The first-order valence-electron chi connectivity index (χ1n) is 13.7. The zero-order chi connectivity index (χ0) is 29.0. The molecule has 6 nitrogen and oxygen atoms in total. The summed E-state index contributed by atoms with van der Waals surface area (Å²) < 4.78 is 12.1. The minimum atomic E-state index is -0.537. The average Bonchev–Trinajstić information content (AvgIpc) is 2.83. The summed E-state index contributed by atoms with van der Waals surface area (Å²) in [4.78, 5) is 39.6. The van der Waals surface area contributed by atoms with E-state index in [0.29, 0.717) is 59.1 Å². The SMILES string of the molecule is Cc1cccc(NC(=O)COc2ccc(C3C4=C(CC(C)(C)CC4=O)OC4=C3C(=O)CC(C)(C)C4)cc2Cl)c1C. The van der Waals surface area contributed by atoms with Crippen molar-refractivity contribution in [2.24, 2.45) is 10.8 Å². The van der Waals surface area contributed by atoms with Crippen LogP contribution in [0.5, 0.6) is 5.75 Å². The van der Waals surface area contributed by atoms with Crippen molar-refractivity contribution in [1.82, 2.24) is 0 Å². The molecule has 3 aliphatic rings. The van der Waals surface area contributed by atoms with E-state index in [1.54, 1.807) is 12.1 Å². The number of amides is 1. The van der Waals surface area contributed by atoms with Gasteiger partial charge in [0.25, 0.3) is 5.91 Å². The highest BCUT2D eigenvalue weighted by Crippen LogP contribution is 2.53. The fourth-order valence-corrected chi connectivity index (χ4v) is 6.28. The number of ether oxygens (including phenoxy) is 2. The van der Waals surface area contributed by atoms with E-state index in [-0.39, 0.29) is 34.9 Å². The Hall–Kier alpha value is -3.38. The molecule has 2 aromatic carbocycles. The predicted octanol–water partition coefficient (Wildman–Crippen LogP) is 7.37. The molecule has 0 bridgehead atoms. The van der Waals surface area contributed by atoms with Gasteiger partial charge in [-0.1, -0.05) is 57.5 Å². The Kier molecular flexibility index (Phi) is 7.20. The number of allylic oxidation sites excluding steroid dienone is 4. The molecule has 0 spiro atoms. The number of nitrogens with one attached hydrogen (secondary N) is 1. The second kappa shape index (κ2) is 10.2. The predicted molar refractivity (Wildman–Crippen MR) is 155 cm³/mol. The van der Waals surface area contributed by atoms with Gasteiger partial charge in [0.15, 0.2) is 18.2 Å². The molecule has 0 saturated heterocycles. The van der Waals surface area contributed by atoms with Crippen LogP contribution in [0.25, 0.3) is 0 Å². The van der Waals surface area contributed by atoms with Gasteiger partial charge in [-0.2, -0.15) is 0 Å². The Balaban J connectivity index is 1.43. The molecule has 0 atom stereocenters. The maximum absolute atomic E-state index is 13.5. The number of hydrogen-bond donors (Lipinski definition) is 1. The Morgan fingerprint density at radius 1 is 0.950 bits per heavy atom. The molecule has 1 heterocycles. The van der Waals surface area contributed by atoms with Gasteiger partial charge in [0.2, 0.25) is 0 Å². The van der Waals surface area contributed by atoms with Crippen LogP contribution in [0.3, 0.4) is 0 Å². The molecule has 1 aliphatic heterocycles. The number of carbonyl (C=O) groups is 3. The number of ketones is 2. The molecular weight excluding hydrogens is 526 g/mol. The molecule has 2 aromatic rings. The molecule has 0 aromatic heterocycles. The quantitative estimate of drug-likeness (QED) is 0.412. The van der Waals surface area contributed by atoms with Crippen LogP contribution in [0.4, 0.5) is 5.69 Å². The molecule has 0 fully saturated rings. The van der Waals surface area contributed by atoms with E-state index in [4.69, 9.17) is 21.1 Å². The summed E-state index contributed by atoms with van der Waals surface area (Å²) >= 11 is 6.66. The zero-order valence-electron chi connectivity index (χ0n) is 24.0. The molecule has 210 valence electrons. The normalized spacial score (nSPS) is 20.1. The first-order chi connectivity index (χ1) is 18.7. The third-order valence-corrected chi connectivity index (χ3v) is 8.40. The molecule has 40 heavy (non-hydrogen) atoms. The molecular formula is C33H36ClNO5. The van der Waals surface area contributed by atoms with Crippen molar-refractivity contribution in [1.29, 1.82) is 0 Å². The summed E-state index contributed by atoms with van der Waals surface area (Å²) in [5.74, 6) is 0.841. The van der Waals surface area contributed by atoms with Crippen LogP contribution in [-0.4, -0.2) is 24.1 Å². The van der Waals surface area contributed by atoms with Crippen LogP contribution in [0, 0.1) is 24.7 Å². The molecule has 5 rings (SSSR count). The van der Waals surface area contributed by atoms with Crippen molar-refractivity contribution in [3.8, 4) is 5.75 Å². The Bertz CT molecular complexity index is 1440. The number of benzene rings is 2. The van der Waals surface area contributed by atoms with Gasteiger partial charge in [-0.3, -0.25) is 14.4 Å². The maximum Gasteiger partial charge on any atom is 0.262 e. The number of hydrogen-bond acceptors (Lipinski definition) is 5. The van der Waals surface area contributed by atoms with Gasteiger partial charge in [0.1, 0.15) is 17.3 Å². The van der Waals surface area contributed by atoms with E-state index in [1.165, 1.54) is 0 Å². The standard InChI is InChI=1S/C33H36ClNO5/c1-18-8-7-9-22(19(18)2)35-28(38)17-39-25-11-10-20(12-21(25)34)29-30-23(36)13-32(3,4)15-26(30)40-27-16-33(5,6)14-24(37)31(27)29/h7-12,29H,13-17H2,1-6H3,(H,35,38). The Morgan fingerprint density at radius 2 is 1.55 bits per heavy atom. The van der Waals surface area contributed by atoms with Gasteiger partial charge in [-0.25, -0.2) is 0 Å². The van der Waals surface area contributed by atoms with E-state index in [2.05, 4.69) is 33.0 Å². The zero-order valence-corrected chi connectivity index (χ0v) is 24.8. The fraction of sp³-hybridized carbons (Fsp3) is 0.424. The molecule has 0 saturated carbocycles. The van der Waals surface area contributed by atoms with Crippen molar-refractivity contribution in [2.75, 3.05) is 11.9 Å². The van der Waals surface area contributed by atoms with Crippen LogP contribution < -0.4 is 10.1 Å². The van der Waals surface area contributed by atoms with Gasteiger partial charge < -0.3 is 14.8 Å². The number of Topliss-reactive ketones (excluding diaryl/α,β-unsaturated/α-hetero) is 2. The van der Waals surface area contributed by atoms with Crippen LogP contribution >= 0.6 is 11.6 Å². The third kappa shape index (κ3) is 5.46. The minimum Gasteiger partial charge on any atom is -0.482 e. The van der Waals surface area contributed by atoms with Gasteiger partial charge >= 0.3 is 0 Å². The van der Waals surface area contributed by atoms with Gasteiger partial charge in [0.05, 0.1) is 5.02 Å². The second-order valence-corrected chi connectivity index (χ2v) is 13.3. The second-order valence-electron chi connectivity index (χ2n) is 12.9. The highest BCUT2D eigenvalue weighted by atomic mass is 35.5. The lowest BCUT2D eigenvalue weighted by Crippen LogP contribution is -2.37. The topological polar surface area (TPSA) is 81.7 Å². The van der Waals surface area contributed by atoms with Crippen molar-refractivity contribution in [3.63, 3.8) is 0 Å². The lowest BCUT2D eigenvalue weighted by Gasteiger charge is -2.42. The van der Waals surface area contributed by atoms with Crippen LogP contribution in [0.2, 0.25) is 5.02 Å². The summed E-state index contributed by atoms with van der Waals surface area (Å²) in [6, 6.07) is 11.0. The summed E-state index contributed by atoms with van der Waals surface area (Å²) in [7, 11) is 0. The van der Waals surface area contributed by atoms with Crippen LogP contribution in [0.1, 0.15) is 76.0 Å². The average molecular weight is 562 g/mol. The first kappa shape index (κ1) is 28.2. The maximum atomic E-state index is 13.5. The Morgan fingerprint density at radius 3 is 2.12 bits per heavy atom. The molecule has 0 unspecified atom stereocenters. The fourth-order valence-electron chi connectivity index (χ4n) is 6.04. The third-order valence-electron chi connectivity index (χ3n) is 8.11. The highest BCUT2D eigenvalue weighted by Gasteiger charge is 2.47. The van der Waals surface area contributed by atoms with E-state index in [1.807, 2.05) is 38.1 Å². The van der Waals surface area contributed by atoms with Gasteiger partial charge in [-0.15, -0.1) is 0 Å². The van der Waals surface area contributed by atoms with Crippen LogP contribution in [-0.2, 0) is 19.1 Å². The highest BCUT2D eigenvalue weighted by molar-refractivity contribution is 6.32. The van der Waals surface area contributed by atoms with E-state index < -0.39 is 5.92 Å². The summed E-state index contributed by atoms with van der Waals surface area (Å²) in [5.41, 5.74) is 4.23. The van der Waals surface area contributed by atoms with Gasteiger partial charge in [-0.05, 0) is 59.6 Å². The van der Waals surface area contributed by atoms with Crippen LogP contribution in [0.15, 0.2) is 59.1 Å². The number of carbonyl (C=O) groups excluding carboxylic acids is 3. The minimum absolute atomic E-state index is 0.00000382. The van der Waals surface area contributed by atoms with Crippen molar-refractivity contribution < 1.29 is 23.9 Å². The van der Waals surface area contributed by atoms with Gasteiger partial charge in [0, 0.05) is 48.4 Å². The molecule has 7 heteroatoms. The number of rotatable bonds is 5. The smallest absolute Gasteiger partial charge is 0.262 e. The lowest BCUT2D eigenvalue weighted by molar-refractivity contribution is -0.120. The summed E-state index contributed by atoms with van der Waals surface area (Å²) in [6.07, 6.45) is 2.03. The van der Waals surface area contributed by atoms with E-state index >= 15 is 0 Å². The summed E-state index contributed by atoms with van der Waals surface area (Å²) in [6.45, 7) is 12.0. The molecule has 1 amide bonds. The Labute approximate surface area is 240 Å². The van der Waals surface area contributed by atoms with E-state index in [9.17, 15) is 14.4 Å². The van der Waals surface area contributed by atoms with Crippen molar-refractivity contribution in [3.05, 3.63) is 80.8 Å². The first-order valence-corrected chi connectivity index (χ1v) is 14.1. The number of aryl methyl sites for hydroxylation is 1. The number of halogens is 1. The van der Waals surface area contributed by atoms with E-state index in [0.717, 1.165) is 22.4 Å². The molecule has 0 radical (unpaired) electrons. The summed E-state index contributed by atoms with van der Waals surface area (Å²) in [5, 5.41) is 3.19.